The van der Waals surface area contributed by atoms with Crippen molar-refractivity contribution in [2.45, 2.75) is 38.3 Å². The van der Waals surface area contributed by atoms with Gasteiger partial charge in [-0.25, -0.2) is 9.59 Å². The highest BCUT2D eigenvalue weighted by molar-refractivity contribution is 6.06. The Morgan fingerprint density at radius 2 is 1.89 bits per heavy atom. The summed E-state index contributed by atoms with van der Waals surface area (Å²) in [4.78, 5) is 50.7. The molecular formula is C19H25N5O4. The minimum atomic E-state index is -0.888. The van der Waals surface area contributed by atoms with Gasteiger partial charge in [-0.05, 0) is 37.5 Å². The third kappa shape index (κ3) is 3.78. The van der Waals surface area contributed by atoms with E-state index in [1.165, 1.54) is 14.0 Å². The third-order valence-electron chi connectivity index (χ3n) is 5.32. The van der Waals surface area contributed by atoms with Crippen molar-refractivity contribution in [1.29, 1.82) is 0 Å². The lowest BCUT2D eigenvalue weighted by atomic mass is 9.87. The molecule has 3 N–H and O–H groups in total. The monoisotopic (exact) mass is 387 g/mol. The van der Waals surface area contributed by atoms with Crippen molar-refractivity contribution in [2.75, 3.05) is 25.5 Å². The van der Waals surface area contributed by atoms with Crippen LogP contribution in [0.4, 0.5) is 15.3 Å². The fourth-order valence-electron chi connectivity index (χ4n) is 3.63. The van der Waals surface area contributed by atoms with Gasteiger partial charge in [0.05, 0.1) is 6.04 Å². The van der Waals surface area contributed by atoms with E-state index in [1.807, 2.05) is 25.1 Å². The lowest BCUT2D eigenvalue weighted by Crippen LogP contribution is -2.57. The Balaban J connectivity index is 1.58. The normalized spacial score (nSPS) is 19.4. The molecule has 2 saturated heterocycles. The maximum atomic E-state index is 12.6. The number of hydrogen-bond donors (Lipinski definition) is 3. The molecule has 1 unspecified atom stereocenters. The molecule has 9 nitrogen and oxygen atoms in total. The van der Waals surface area contributed by atoms with E-state index >= 15 is 0 Å². The highest BCUT2D eigenvalue weighted by Crippen LogP contribution is 2.29. The number of nitrogens with zero attached hydrogens (tertiary/aromatic N) is 2. The summed E-state index contributed by atoms with van der Waals surface area (Å²) in [5.41, 5.74) is 0.652. The number of imide groups is 1. The summed E-state index contributed by atoms with van der Waals surface area (Å²) in [6, 6.07) is 6.43. The molecule has 2 aliphatic rings. The van der Waals surface area contributed by atoms with Gasteiger partial charge in [0.15, 0.2) is 0 Å². The number of nitrogens with one attached hydrogen (secondary N) is 3. The Morgan fingerprint density at radius 1 is 1.21 bits per heavy atom. The van der Waals surface area contributed by atoms with Gasteiger partial charge in [-0.2, -0.15) is 0 Å². The van der Waals surface area contributed by atoms with Gasteiger partial charge < -0.3 is 20.9 Å². The molecule has 2 heterocycles. The smallest absolute Gasteiger partial charge is 0.324 e. The van der Waals surface area contributed by atoms with Crippen LogP contribution in [-0.2, 0) is 9.59 Å². The van der Waals surface area contributed by atoms with Gasteiger partial charge in [-0.15, -0.1) is 0 Å². The molecule has 1 aromatic rings. The first-order chi connectivity index (χ1) is 13.2. The first-order valence-electron chi connectivity index (χ1n) is 9.25. The predicted octanol–water partition coefficient (Wildman–Crippen LogP) is 1.43. The molecule has 0 aromatic heterocycles. The van der Waals surface area contributed by atoms with E-state index in [9.17, 15) is 19.2 Å². The molecule has 0 saturated carbocycles. The van der Waals surface area contributed by atoms with Crippen molar-refractivity contribution in [2.24, 2.45) is 0 Å². The zero-order valence-electron chi connectivity index (χ0n) is 16.2. The zero-order valence-corrected chi connectivity index (χ0v) is 16.2. The SMILES string of the molecule is CC(=O)Nc1cccc(C(C)NC(=O)N2CCC3(CC2)NC(=O)N(C)C3=O)c1. The lowest BCUT2D eigenvalue weighted by molar-refractivity contribution is -0.131. The van der Waals surface area contributed by atoms with Gasteiger partial charge in [-0.3, -0.25) is 14.5 Å². The Bertz CT molecular complexity index is 816. The van der Waals surface area contributed by atoms with E-state index < -0.39 is 11.6 Å². The summed E-state index contributed by atoms with van der Waals surface area (Å²) in [7, 11) is 1.46. The number of hydrogen-bond acceptors (Lipinski definition) is 4. The first-order valence-corrected chi connectivity index (χ1v) is 9.25. The molecule has 0 radical (unpaired) electrons. The number of carbonyl (C=O) groups excluding carboxylic acids is 4. The van der Waals surface area contributed by atoms with Crippen LogP contribution in [0.1, 0.15) is 38.3 Å². The van der Waals surface area contributed by atoms with Crippen molar-refractivity contribution >= 4 is 29.6 Å². The number of benzene rings is 1. The van der Waals surface area contributed by atoms with Crippen molar-refractivity contribution < 1.29 is 19.2 Å². The average Bonchev–Trinajstić information content (AvgIpc) is 2.85. The van der Waals surface area contributed by atoms with Crippen molar-refractivity contribution in [3.8, 4) is 0 Å². The van der Waals surface area contributed by atoms with Gasteiger partial charge in [0.2, 0.25) is 5.91 Å². The third-order valence-corrected chi connectivity index (χ3v) is 5.32. The van der Waals surface area contributed by atoms with Crippen LogP contribution in [0, 0.1) is 0 Å². The fourth-order valence-corrected chi connectivity index (χ4v) is 3.63. The van der Waals surface area contributed by atoms with Crippen LogP contribution in [0.5, 0.6) is 0 Å². The molecule has 3 rings (SSSR count). The van der Waals surface area contributed by atoms with Crippen molar-refractivity contribution in [1.82, 2.24) is 20.4 Å². The Hall–Kier alpha value is -3.10. The molecule has 1 atom stereocenters. The summed E-state index contributed by atoms with van der Waals surface area (Å²) >= 11 is 0. The van der Waals surface area contributed by atoms with Gasteiger partial charge in [-0.1, -0.05) is 12.1 Å². The van der Waals surface area contributed by atoms with Crippen LogP contribution in [-0.4, -0.2) is 59.4 Å². The van der Waals surface area contributed by atoms with Gasteiger partial charge >= 0.3 is 12.1 Å². The van der Waals surface area contributed by atoms with Crippen LogP contribution in [0.3, 0.4) is 0 Å². The lowest BCUT2D eigenvalue weighted by Gasteiger charge is -2.37. The number of anilines is 1. The average molecular weight is 387 g/mol. The molecule has 2 fully saturated rings. The van der Waals surface area contributed by atoms with E-state index in [1.54, 1.807) is 11.0 Å². The molecule has 0 aliphatic carbocycles. The predicted molar refractivity (Wildman–Crippen MR) is 103 cm³/mol. The molecule has 1 aromatic carbocycles. The number of likely N-dealkylation sites (N-methyl/N-ethyl adjacent to an activating group) is 1. The van der Waals surface area contributed by atoms with Crippen LogP contribution >= 0.6 is 0 Å². The van der Waals surface area contributed by atoms with Gasteiger partial charge in [0.25, 0.3) is 5.91 Å². The first kappa shape index (κ1) is 19.7. The maximum Gasteiger partial charge on any atom is 0.324 e. The number of likely N-dealkylation sites (tertiary alicyclic amines) is 1. The molecule has 28 heavy (non-hydrogen) atoms. The minimum Gasteiger partial charge on any atom is -0.331 e. The second-order valence-electron chi connectivity index (χ2n) is 7.34. The standard InChI is InChI=1S/C19H25N5O4/c1-12(14-5-4-6-15(11-14)21-13(2)25)20-17(27)24-9-7-19(8-10-24)16(26)23(3)18(28)22-19/h4-6,11-12H,7-10H2,1-3H3,(H,20,27)(H,21,25)(H,22,28). The van der Waals surface area contributed by atoms with Crippen LogP contribution in [0.2, 0.25) is 0 Å². The quantitative estimate of drug-likeness (QED) is 0.681. The largest absolute Gasteiger partial charge is 0.331 e. The topological polar surface area (TPSA) is 111 Å². The van der Waals surface area contributed by atoms with Gasteiger partial charge in [0.1, 0.15) is 5.54 Å². The molecule has 1 spiro atoms. The van der Waals surface area contributed by atoms with E-state index in [2.05, 4.69) is 16.0 Å². The Labute approximate surface area is 163 Å². The summed E-state index contributed by atoms with van der Waals surface area (Å²) in [6.07, 6.45) is 0.781. The molecule has 0 bridgehead atoms. The van der Waals surface area contributed by atoms with Crippen LogP contribution in [0.15, 0.2) is 24.3 Å². The number of rotatable bonds is 3. The number of piperidine rings is 1. The summed E-state index contributed by atoms with van der Waals surface area (Å²) < 4.78 is 0. The van der Waals surface area contributed by atoms with Gasteiger partial charge in [0, 0.05) is 32.7 Å². The maximum absolute atomic E-state index is 12.6. The van der Waals surface area contributed by atoms with Crippen molar-refractivity contribution in [3.63, 3.8) is 0 Å². The molecule has 9 heteroatoms. The molecule has 2 aliphatic heterocycles. The van der Waals surface area contributed by atoms with Crippen LogP contribution in [0.25, 0.3) is 0 Å². The summed E-state index contributed by atoms with van der Waals surface area (Å²) in [5.74, 6) is -0.393. The van der Waals surface area contributed by atoms with Crippen molar-refractivity contribution in [3.05, 3.63) is 29.8 Å². The van der Waals surface area contributed by atoms with E-state index in [0.29, 0.717) is 31.6 Å². The highest BCUT2D eigenvalue weighted by atomic mass is 16.2. The fraction of sp³-hybridized carbons (Fsp3) is 0.474. The summed E-state index contributed by atoms with van der Waals surface area (Å²) in [5, 5.41) is 8.43. The second-order valence-corrected chi connectivity index (χ2v) is 7.34. The van der Waals surface area contributed by atoms with E-state index in [4.69, 9.17) is 0 Å². The number of urea groups is 2. The number of amides is 6. The minimum absolute atomic E-state index is 0.157. The summed E-state index contributed by atoms with van der Waals surface area (Å²) in [6.45, 7) is 4.07. The zero-order chi connectivity index (χ0) is 20.5. The molecular weight excluding hydrogens is 362 g/mol. The van der Waals surface area contributed by atoms with Crippen LogP contribution < -0.4 is 16.0 Å². The highest BCUT2D eigenvalue weighted by Gasteiger charge is 2.51. The number of carbonyl (C=O) groups is 4. The Morgan fingerprint density at radius 3 is 2.46 bits per heavy atom. The van der Waals surface area contributed by atoms with E-state index in [0.717, 1.165) is 10.5 Å². The molecule has 150 valence electrons. The van der Waals surface area contributed by atoms with E-state index in [-0.39, 0.29) is 23.9 Å². The second kappa shape index (κ2) is 7.49. The molecule has 6 amide bonds. The Kier molecular flexibility index (Phi) is 5.26.